The number of carbonyl (C=O) groups excluding carboxylic acids is 1. The molecule has 0 unspecified atom stereocenters. The van der Waals surface area contributed by atoms with Crippen LogP contribution in [0.4, 0.5) is 0 Å². The first-order chi connectivity index (χ1) is 10.5. The van der Waals surface area contributed by atoms with Crippen LogP contribution < -0.4 is 5.32 Å². The zero-order chi connectivity index (χ0) is 15.5. The van der Waals surface area contributed by atoms with Gasteiger partial charge >= 0.3 is 5.97 Å². The second-order valence-corrected chi connectivity index (χ2v) is 7.58. The number of aliphatic carboxylic acids is 1. The van der Waals surface area contributed by atoms with E-state index in [1.54, 1.807) is 0 Å². The lowest BCUT2D eigenvalue weighted by Crippen LogP contribution is -2.50. The van der Waals surface area contributed by atoms with E-state index in [0.29, 0.717) is 5.92 Å². The molecule has 7 atom stereocenters. The number of nitrogens with one attached hydrogen (secondary N) is 1. The van der Waals surface area contributed by atoms with Crippen LogP contribution in [0.5, 0.6) is 0 Å². The maximum atomic E-state index is 12.5. The lowest BCUT2D eigenvalue weighted by atomic mass is 9.78. The number of hydrogen-bond donors (Lipinski definition) is 3. The topological polar surface area (TPSA) is 95.9 Å². The Morgan fingerprint density at radius 2 is 1.86 bits per heavy atom. The van der Waals surface area contributed by atoms with Crippen molar-refractivity contribution in [2.75, 3.05) is 6.54 Å². The molecule has 0 spiro atoms. The van der Waals surface area contributed by atoms with Crippen molar-refractivity contribution in [3.8, 4) is 0 Å². The Morgan fingerprint density at radius 1 is 1.14 bits per heavy atom. The van der Waals surface area contributed by atoms with Crippen LogP contribution in [-0.4, -0.2) is 46.4 Å². The van der Waals surface area contributed by atoms with E-state index in [0.717, 1.165) is 32.1 Å². The number of aliphatic hydroxyl groups is 1. The fourth-order valence-corrected chi connectivity index (χ4v) is 5.31. The van der Waals surface area contributed by atoms with Crippen LogP contribution in [0.25, 0.3) is 0 Å². The maximum Gasteiger partial charge on any atom is 0.310 e. The Morgan fingerprint density at radius 3 is 2.45 bits per heavy atom. The van der Waals surface area contributed by atoms with E-state index in [1.807, 2.05) is 0 Å². The lowest BCUT2D eigenvalue weighted by Gasteiger charge is -2.33. The number of carboxylic acid groups (broad SMARTS) is 1. The Hall–Kier alpha value is -1.14. The quantitative estimate of drug-likeness (QED) is 0.704. The number of rotatable bonds is 4. The van der Waals surface area contributed by atoms with Gasteiger partial charge in [-0.15, -0.1) is 0 Å². The van der Waals surface area contributed by atoms with Gasteiger partial charge in [0.15, 0.2) is 0 Å². The molecule has 4 fully saturated rings. The number of amides is 1. The van der Waals surface area contributed by atoms with E-state index in [2.05, 4.69) is 5.32 Å². The highest BCUT2D eigenvalue weighted by Crippen LogP contribution is 2.50. The van der Waals surface area contributed by atoms with Gasteiger partial charge in [-0.2, -0.15) is 0 Å². The van der Waals surface area contributed by atoms with E-state index in [4.69, 9.17) is 4.74 Å². The average molecular weight is 309 g/mol. The molecule has 2 heterocycles. The normalized spacial score (nSPS) is 48.8. The van der Waals surface area contributed by atoms with Gasteiger partial charge in [0.2, 0.25) is 5.91 Å². The highest BCUT2D eigenvalue weighted by atomic mass is 16.5. The fraction of sp³-hybridized carbons (Fsp3) is 0.875. The second kappa shape index (κ2) is 4.93. The van der Waals surface area contributed by atoms with E-state index in [1.165, 1.54) is 6.42 Å². The Bertz CT molecular complexity index is 509. The van der Waals surface area contributed by atoms with Gasteiger partial charge in [-0.25, -0.2) is 0 Å². The van der Waals surface area contributed by atoms with Gasteiger partial charge in [0.1, 0.15) is 0 Å². The molecule has 4 bridgehead atoms. The molecular formula is C16H23NO5. The van der Waals surface area contributed by atoms with Gasteiger partial charge in [0, 0.05) is 6.54 Å². The maximum absolute atomic E-state index is 12.5. The first-order valence-electron chi connectivity index (χ1n) is 8.36. The molecule has 0 aromatic carbocycles. The highest BCUT2D eigenvalue weighted by molar-refractivity contribution is 5.86. The van der Waals surface area contributed by atoms with E-state index < -0.39 is 23.4 Å². The van der Waals surface area contributed by atoms with Gasteiger partial charge < -0.3 is 20.3 Å². The SMILES string of the molecule is O=C(O)[C@@H]1[C@H](C(=O)NC[C@@]2(O)C[C@H]3CC[C@@H]2C3)[C@H]2CC[C@@H]1O2. The summed E-state index contributed by atoms with van der Waals surface area (Å²) in [5, 5.41) is 22.9. The Balaban J connectivity index is 1.41. The number of carboxylic acids is 1. The van der Waals surface area contributed by atoms with Crippen molar-refractivity contribution in [3.63, 3.8) is 0 Å². The molecule has 2 saturated carbocycles. The minimum absolute atomic E-state index is 0.243. The molecule has 1 amide bonds. The molecule has 2 aliphatic carbocycles. The van der Waals surface area contributed by atoms with Crippen molar-refractivity contribution in [1.29, 1.82) is 0 Å². The van der Waals surface area contributed by atoms with Crippen LogP contribution in [0.2, 0.25) is 0 Å². The summed E-state index contributed by atoms with van der Waals surface area (Å²) in [5.74, 6) is -1.71. The summed E-state index contributed by atoms with van der Waals surface area (Å²) in [4.78, 5) is 23.9. The summed E-state index contributed by atoms with van der Waals surface area (Å²) in [6.07, 6.45) is 4.90. The van der Waals surface area contributed by atoms with Crippen LogP contribution in [0.1, 0.15) is 38.5 Å². The third-order valence-electron chi connectivity index (χ3n) is 6.37. The number of hydrogen-bond acceptors (Lipinski definition) is 4. The van der Waals surface area contributed by atoms with Crippen LogP contribution >= 0.6 is 0 Å². The van der Waals surface area contributed by atoms with E-state index >= 15 is 0 Å². The Kier molecular flexibility index (Phi) is 3.24. The second-order valence-electron chi connectivity index (χ2n) is 7.58. The third-order valence-corrected chi connectivity index (χ3v) is 6.37. The van der Waals surface area contributed by atoms with Crippen LogP contribution in [0.3, 0.4) is 0 Å². The number of fused-ring (bicyclic) bond motifs is 4. The molecule has 0 aromatic heterocycles. The zero-order valence-corrected chi connectivity index (χ0v) is 12.5. The van der Waals surface area contributed by atoms with Crippen LogP contribution in [0.15, 0.2) is 0 Å². The Labute approximate surface area is 129 Å². The minimum Gasteiger partial charge on any atom is -0.481 e. The van der Waals surface area contributed by atoms with Gasteiger partial charge in [0.25, 0.3) is 0 Å². The number of carbonyl (C=O) groups is 2. The molecule has 6 nitrogen and oxygen atoms in total. The molecule has 122 valence electrons. The number of ether oxygens (including phenoxy) is 1. The molecule has 2 saturated heterocycles. The average Bonchev–Trinajstić information content (AvgIpc) is 3.22. The summed E-state index contributed by atoms with van der Waals surface area (Å²) >= 11 is 0. The standard InChI is InChI=1S/C16H23NO5/c18-14(12-10-3-4-11(22-10)13(12)15(19)20)17-7-16(21)6-8-1-2-9(16)5-8/h8-13,21H,1-7H2,(H,17,18)(H,19,20)/t8-,9+,10+,11-,12+,13-,16-/m0/s1. The van der Waals surface area contributed by atoms with Crippen molar-refractivity contribution in [2.45, 2.75) is 56.3 Å². The van der Waals surface area contributed by atoms with E-state index in [9.17, 15) is 19.8 Å². The monoisotopic (exact) mass is 309 g/mol. The summed E-state index contributed by atoms with van der Waals surface area (Å²) in [7, 11) is 0. The lowest BCUT2D eigenvalue weighted by molar-refractivity contribution is -0.148. The summed E-state index contributed by atoms with van der Waals surface area (Å²) in [6, 6.07) is 0. The molecular weight excluding hydrogens is 286 g/mol. The van der Waals surface area contributed by atoms with E-state index in [-0.39, 0.29) is 30.6 Å². The van der Waals surface area contributed by atoms with Gasteiger partial charge in [0.05, 0.1) is 29.6 Å². The molecule has 2 aliphatic heterocycles. The van der Waals surface area contributed by atoms with Crippen molar-refractivity contribution in [2.24, 2.45) is 23.7 Å². The smallest absolute Gasteiger partial charge is 0.310 e. The first kappa shape index (κ1) is 14.5. The summed E-state index contributed by atoms with van der Waals surface area (Å²) in [5.41, 5.74) is -0.796. The minimum atomic E-state index is -0.953. The van der Waals surface area contributed by atoms with Crippen molar-refractivity contribution < 1.29 is 24.5 Å². The first-order valence-corrected chi connectivity index (χ1v) is 8.36. The molecule has 0 radical (unpaired) electrons. The predicted octanol–water partition coefficient (Wildman–Crippen LogP) is 0.532. The molecule has 4 aliphatic rings. The zero-order valence-electron chi connectivity index (χ0n) is 12.5. The molecule has 6 heteroatoms. The molecule has 22 heavy (non-hydrogen) atoms. The predicted molar refractivity (Wildman–Crippen MR) is 75.9 cm³/mol. The highest BCUT2D eigenvalue weighted by Gasteiger charge is 2.56. The van der Waals surface area contributed by atoms with Gasteiger partial charge in [-0.3, -0.25) is 9.59 Å². The third kappa shape index (κ3) is 2.07. The molecule has 4 rings (SSSR count). The largest absolute Gasteiger partial charge is 0.481 e. The van der Waals surface area contributed by atoms with Gasteiger partial charge in [-0.05, 0) is 50.4 Å². The van der Waals surface area contributed by atoms with Crippen LogP contribution in [0, 0.1) is 23.7 Å². The van der Waals surface area contributed by atoms with Crippen molar-refractivity contribution >= 4 is 11.9 Å². The fourth-order valence-electron chi connectivity index (χ4n) is 5.31. The molecule has 0 aromatic rings. The summed E-state index contributed by atoms with van der Waals surface area (Å²) < 4.78 is 5.62. The van der Waals surface area contributed by atoms with Crippen molar-refractivity contribution in [1.82, 2.24) is 5.32 Å². The molecule has 3 N–H and O–H groups in total. The van der Waals surface area contributed by atoms with Crippen LogP contribution in [-0.2, 0) is 14.3 Å². The van der Waals surface area contributed by atoms with Crippen molar-refractivity contribution in [3.05, 3.63) is 0 Å². The van der Waals surface area contributed by atoms with Gasteiger partial charge in [-0.1, -0.05) is 0 Å². The summed E-state index contributed by atoms with van der Waals surface area (Å²) in [6.45, 7) is 0.243.